The minimum Gasteiger partial charge on any atom is -0.329 e. The fraction of sp³-hybridized carbons (Fsp3) is 0.182. The predicted octanol–water partition coefficient (Wildman–Crippen LogP) is 3.07. The summed E-state index contributed by atoms with van der Waals surface area (Å²) < 4.78 is 13.8. The van der Waals surface area contributed by atoms with E-state index in [-0.39, 0.29) is 11.1 Å². The van der Waals surface area contributed by atoms with Gasteiger partial charge in [-0.3, -0.25) is 0 Å². The average Bonchev–Trinajstić information content (AvgIpc) is 2.80. The second-order valence-corrected chi connectivity index (χ2v) is 5.54. The number of nitrogens with two attached hydrogens (primary N) is 1. The van der Waals surface area contributed by atoms with Gasteiger partial charge in [-0.25, -0.2) is 9.37 Å². The van der Waals surface area contributed by atoms with Gasteiger partial charge < -0.3 is 5.73 Å². The van der Waals surface area contributed by atoms with Gasteiger partial charge in [0.15, 0.2) is 0 Å². The Labute approximate surface area is 102 Å². The van der Waals surface area contributed by atoms with E-state index in [1.807, 2.05) is 5.38 Å². The van der Waals surface area contributed by atoms with Crippen molar-refractivity contribution in [3.8, 4) is 0 Å². The van der Waals surface area contributed by atoms with E-state index in [9.17, 15) is 4.39 Å². The summed E-state index contributed by atoms with van der Waals surface area (Å²) in [5, 5.41) is 2.06. The summed E-state index contributed by atoms with van der Waals surface area (Å²) in [5.74, 6) is -0.223. The molecule has 0 saturated heterocycles. The van der Waals surface area contributed by atoms with E-state index in [1.54, 1.807) is 41.4 Å². The van der Waals surface area contributed by atoms with Crippen LogP contribution in [0.2, 0.25) is 0 Å². The van der Waals surface area contributed by atoms with Crippen LogP contribution in [0.15, 0.2) is 40.2 Å². The molecule has 1 aromatic carbocycles. The van der Waals surface area contributed by atoms with E-state index < -0.39 is 0 Å². The van der Waals surface area contributed by atoms with Gasteiger partial charge in [0, 0.05) is 23.4 Å². The van der Waals surface area contributed by atoms with Crippen LogP contribution in [0.1, 0.15) is 10.8 Å². The first-order chi connectivity index (χ1) is 7.79. The van der Waals surface area contributed by atoms with Crippen LogP contribution in [-0.2, 0) is 0 Å². The fourth-order valence-corrected chi connectivity index (χ4v) is 3.17. The lowest BCUT2D eigenvalue weighted by Crippen LogP contribution is -2.09. The normalized spacial score (nSPS) is 12.6. The summed E-state index contributed by atoms with van der Waals surface area (Å²) in [7, 11) is 0. The van der Waals surface area contributed by atoms with Crippen LogP contribution in [0.3, 0.4) is 0 Å². The van der Waals surface area contributed by atoms with Crippen LogP contribution >= 0.6 is 23.1 Å². The summed E-state index contributed by atoms with van der Waals surface area (Å²) >= 11 is 3.20. The first-order valence-electron chi connectivity index (χ1n) is 4.81. The van der Waals surface area contributed by atoms with Crippen LogP contribution in [0, 0.1) is 5.82 Å². The molecular weight excluding hydrogens is 243 g/mol. The molecule has 16 heavy (non-hydrogen) atoms. The van der Waals surface area contributed by atoms with E-state index >= 15 is 0 Å². The van der Waals surface area contributed by atoms with Gasteiger partial charge in [-0.1, -0.05) is 23.9 Å². The minimum absolute atomic E-state index is 0.131. The Balaban J connectivity index is 2.13. The number of aromatic nitrogens is 1. The number of nitrogens with zero attached hydrogens (tertiary/aromatic N) is 1. The smallest absolute Gasteiger partial charge is 0.150 e. The van der Waals surface area contributed by atoms with Crippen molar-refractivity contribution in [2.75, 3.05) is 6.54 Å². The molecule has 0 aliphatic carbocycles. The maximum atomic E-state index is 12.8. The average molecular weight is 254 g/mol. The molecule has 1 heterocycles. The zero-order valence-electron chi connectivity index (χ0n) is 8.47. The Kier molecular flexibility index (Phi) is 3.93. The van der Waals surface area contributed by atoms with Crippen LogP contribution in [0.5, 0.6) is 0 Å². The van der Waals surface area contributed by atoms with Crippen molar-refractivity contribution in [1.29, 1.82) is 0 Å². The molecule has 1 aromatic heterocycles. The molecule has 2 nitrogen and oxygen atoms in total. The molecule has 2 rings (SSSR count). The van der Waals surface area contributed by atoms with Crippen LogP contribution in [0.25, 0.3) is 0 Å². The minimum atomic E-state index is -0.223. The molecule has 5 heteroatoms. The summed E-state index contributed by atoms with van der Waals surface area (Å²) in [6, 6.07) is 6.46. The molecule has 0 bridgehead atoms. The molecule has 2 aromatic rings. The van der Waals surface area contributed by atoms with Gasteiger partial charge in [0.25, 0.3) is 0 Å². The van der Waals surface area contributed by atoms with Crippen molar-refractivity contribution in [1.82, 2.24) is 4.98 Å². The number of benzene rings is 1. The van der Waals surface area contributed by atoms with Crippen LogP contribution < -0.4 is 5.73 Å². The lowest BCUT2D eigenvalue weighted by Gasteiger charge is -2.12. The van der Waals surface area contributed by atoms with E-state index in [2.05, 4.69) is 4.98 Å². The van der Waals surface area contributed by atoms with E-state index in [1.165, 1.54) is 12.1 Å². The second-order valence-electron chi connectivity index (χ2n) is 3.19. The van der Waals surface area contributed by atoms with Crippen molar-refractivity contribution < 1.29 is 4.39 Å². The quantitative estimate of drug-likeness (QED) is 0.852. The maximum Gasteiger partial charge on any atom is 0.150 e. The maximum absolute atomic E-state index is 12.8. The molecule has 1 atom stereocenters. The summed E-state index contributed by atoms with van der Waals surface area (Å²) in [5.41, 5.74) is 6.75. The summed E-state index contributed by atoms with van der Waals surface area (Å²) in [6.07, 6.45) is 1.77. The molecule has 0 saturated carbocycles. The van der Waals surface area contributed by atoms with Gasteiger partial charge in [0.2, 0.25) is 0 Å². The molecule has 0 spiro atoms. The molecule has 0 aliphatic heterocycles. The van der Waals surface area contributed by atoms with Crippen molar-refractivity contribution in [2.45, 2.75) is 9.59 Å². The number of hydrogen-bond donors (Lipinski definition) is 1. The van der Waals surface area contributed by atoms with Gasteiger partial charge in [-0.2, -0.15) is 0 Å². The molecular formula is C11H11FN2S2. The molecule has 0 amide bonds. The third-order valence-electron chi connectivity index (χ3n) is 2.11. The third-order valence-corrected chi connectivity index (χ3v) is 4.31. The van der Waals surface area contributed by atoms with E-state index in [0.29, 0.717) is 6.54 Å². The first-order valence-corrected chi connectivity index (χ1v) is 6.57. The number of rotatable bonds is 4. The molecule has 1 unspecified atom stereocenters. The van der Waals surface area contributed by atoms with Gasteiger partial charge in [-0.15, -0.1) is 11.3 Å². The Hall–Kier alpha value is -0.910. The van der Waals surface area contributed by atoms with E-state index in [0.717, 1.165) is 9.90 Å². The highest BCUT2D eigenvalue weighted by molar-refractivity contribution is 8.01. The number of hydrogen-bond acceptors (Lipinski definition) is 4. The van der Waals surface area contributed by atoms with Crippen molar-refractivity contribution in [3.05, 3.63) is 47.2 Å². The molecule has 0 aliphatic rings. The topological polar surface area (TPSA) is 38.9 Å². The second kappa shape index (κ2) is 5.43. The van der Waals surface area contributed by atoms with E-state index in [4.69, 9.17) is 5.73 Å². The largest absolute Gasteiger partial charge is 0.329 e. The van der Waals surface area contributed by atoms with Gasteiger partial charge >= 0.3 is 0 Å². The lowest BCUT2D eigenvalue weighted by molar-refractivity contribution is 0.627. The highest BCUT2D eigenvalue weighted by Crippen LogP contribution is 2.35. The Morgan fingerprint density at radius 3 is 2.69 bits per heavy atom. The molecule has 84 valence electrons. The molecule has 2 N–H and O–H groups in total. The fourth-order valence-electron chi connectivity index (χ4n) is 1.32. The summed E-state index contributed by atoms with van der Waals surface area (Å²) in [6.45, 7) is 0.510. The molecule has 0 radical (unpaired) electrons. The monoisotopic (exact) mass is 254 g/mol. The molecule has 0 fully saturated rings. The summed E-state index contributed by atoms with van der Waals surface area (Å²) in [4.78, 5) is 4.20. The first kappa shape index (κ1) is 11.6. The van der Waals surface area contributed by atoms with Crippen molar-refractivity contribution >= 4 is 23.1 Å². The third kappa shape index (κ3) is 2.81. The van der Waals surface area contributed by atoms with Crippen molar-refractivity contribution in [3.63, 3.8) is 0 Å². The Bertz CT molecular complexity index is 428. The standard InChI is InChI=1S/C11H11FN2S2/c12-9-3-1-8(2-4-9)10(7-13)16-11-14-5-6-15-11/h1-6,10H,7,13H2. The Morgan fingerprint density at radius 1 is 1.38 bits per heavy atom. The van der Waals surface area contributed by atoms with Crippen LogP contribution in [0.4, 0.5) is 4.39 Å². The van der Waals surface area contributed by atoms with Gasteiger partial charge in [-0.05, 0) is 17.7 Å². The number of halogens is 1. The van der Waals surface area contributed by atoms with Gasteiger partial charge in [0.1, 0.15) is 10.2 Å². The lowest BCUT2D eigenvalue weighted by atomic mass is 10.1. The number of thioether (sulfide) groups is 1. The Morgan fingerprint density at radius 2 is 2.12 bits per heavy atom. The van der Waals surface area contributed by atoms with Gasteiger partial charge in [0.05, 0.1) is 0 Å². The van der Waals surface area contributed by atoms with Crippen LogP contribution in [-0.4, -0.2) is 11.5 Å². The number of thiazole rings is 1. The SMILES string of the molecule is NCC(Sc1nccs1)c1ccc(F)cc1. The van der Waals surface area contributed by atoms with Crippen molar-refractivity contribution in [2.24, 2.45) is 5.73 Å². The zero-order valence-corrected chi connectivity index (χ0v) is 10.1. The predicted molar refractivity (Wildman–Crippen MR) is 66.2 cm³/mol. The highest BCUT2D eigenvalue weighted by Gasteiger charge is 2.12. The highest BCUT2D eigenvalue weighted by atomic mass is 32.2. The zero-order chi connectivity index (χ0) is 11.4.